The van der Waals surface area contributed by atoms with E-state index in [0.717, 1.165) is 5.92 Å². The van der Waals surface area contributed by atoms with Crippen molar-refractivity contribution in [1.29, 1.82) is 0 Å². The molecule has 0 N–H and O–H groups in total. The molecule has 0 radical (unpaired) electrons. The Morgan fingerprint density at radius 2 is 1.58 bits per heavy atom. The highest BCUT2D eigenvalue weighted by atomic mass is 15.2. The molecule has 0 amide bonds. The molecule has 1 heterocycles. The summed E-state index contributed by atoms with van der Waals surface area (Å²) >= 11 is 0. The van der Waals surface area contributed by atoms with Gasteiger partial charge in [0.25, 0.3) is 0 Å². The highest BCUT2D eigenvalue weighted by Gasteiger charge is 2.44. The van der Waals surface area contributed by atoms with E-state index in [0.29, 0.717) is 11.5 Å². The van der Waals surface area contributed by atoms with Crippen LogP contribution in [-0.4, -0.2) is 18.0 Å². The third kappa shape index (κ3) is 2.82. The quantitative estimate of drug-likeness (QED) is 0.680. The Kier molecular flexibility index (Phi) is 4.28. The predicted octanol–water partition coefficient (Wildman–Crippen LogP) is 5.45. The van der Waals surface area contributed by atoms with Gasteiger partial charge >= 0.3 is 0 Å². The maximum absolute atomic E-state index is 2.71. The van der Waals surface area contributed by atoms with Gasteiger partial charge in [-0.05, 0) is 36.3 Å². The van der Waals surface area contributed by atoms with Gasteiger partial charge in [-0.2, -0.15) is 0 Å². The van der Waals surface area contributed by atoms with Gasteiger partial charge in [0.1, 0.15) is 0 Å². The van der Waals surface area contributed by atoms with Crippen molar-refractivity contribution in [3.8, 4) is 0 Å². The molecule has 24 heavy (non-hydrogen) atoms. The molecular weight excluding hydrogens is 290 g/mol. The third-order valence-corrected chi connectivity index (χ3v) is 6.05. The first-order valence-electron chi connectivity index (χ1n) is 9.30. The number of likely N-dealkylation sites (tertiary alicyclic amines) is 1. The summed E-state index contributed by atoms with van der Waals surface area (Å²) in [4.78, 5) is 2.71. The van der Waals surface area contributed by atoms with E-state index in [-0.39, 0.29) is 0 Å². The SMILES string of the molecule is C[C@@H]1CN(C(c2ccccc2)c2ccccc2)CC12C=CCCC2. The normalized spacial score (nSPS) is 27.2. The minimum Gasteiger partial charge on any atom is -0.291 e. The van der Waals surface area contributed by atoms with Crippen LogP contribution in [0.15, 0.2) is 72.8 Å². The van der Waals surface area contributed by atoms with Crippen molar-refractivity contribution in [3.63, 3.8) is 0 Å². The average Bonchev–Trinajstić information content (AvgIpc) is 2.93. The molecule has 124 valence electrons. The van der Waals surface area contributed by atoms with Gasteiger partial charge in [-0.1, -0.05) is 79.7 Å². The van der Waals surface area contributed by atoms with Gasteiger partial charge in [-0.3, -0.25) is 4.90 Å². The zero-order valence-corrected chi connectivity index (χ0v) is 14.6. The van der Waals surface area contributed by atoms with Gasteiger partial charge in [0.2, 0.25) is 0 Å². The molecular formula is C23H27N. The fourth-order valence-corrected chi connectivity index (χ4v) is 4.71. The van der Waals surface area contributed by atoms with Crippen LogP contribution >= 0.6 is 0 Å². The zero-order chi connectivity index (χ0) is 16.4. The topological polar surface area (TPSA) is 3.24 Å². The van der Waals surface area contributed by atoms with E-state index >= 15 is 0 Å². The van der Waals surface area contributed by atoms with Gasteiger partial charge in [0.05, 0.1) is 6.04 Å². The van der Waals surface area contributed by atoms with E-state index in [4.69, 9.17) is 0 Å². The molecule has 4 rings (SSSR count). The van der Waals surface area contributed by atoms with Crippen molar-refractivity contribution in [2.24, 2.45) is 11.3 Å². The molecule has 1 fully saturated rings. The summed E-state index contributed by atoms with van der Waals surface area (Å²) in [5.41, 5.74) is 3.21. The lowest BCUT2D eigenvalue weighted by atomic mass is 9.72. The molecule has 1 aliphatic carbocycles. The lowest BCUT2D eigenvalue weighted by molar-refractivity contribution is 0.235. The van der Waals surface area contributed by atoms with Crippen molar-refractivity contribution >= 4 is 0 Å². The van der Waals surface area contributed by atoms with Crippen molar-refractivity contribution in [2.45, 2.75) is 32.2 Å². The van der Waals surface area contributed by atoms with Crippen molar-refractivity contribution in [2.75, 3.05) is 13.1 Å². The second-order valence-corrected chi connectivity index (χ2v) is 7.58. The standard InChI is InChI=1S/C23H27N/c1-19-17-24(18-23(19)15-9-4-10-16-23)22(20-11-5-2-6-12-20)21-13-7-3-8-14-21/h2-3,5-9,11-15,19,22H,4,10,16-18H2,1H3/t19-,23?/m1/s1. The van der Waals surface area contributed by atoms with Crippen LogP contribution in [0.25, 0.3) is 0 Å². The van der Waals surface area contributed by atoms with Crippen LogP contribution in [0, 0.1) is 11.3 Å². The smallest absolute Gasteiger partial charge is 0.0602 e. The molecule has 1 nitrogen and oxygen atoms in total. The summed E-state index contributed by atoms with van der Waals surface area (Å²) in [5.74, 6) is 0.726. The lowest BCUT2D eigenvalue weighted by Crippen LogP contribution is -2.31. The summed E-state index contributed by atoms with van der Waals surface area (Å²) in [7, 11) is 0. The van der Waals surface area contributed by atoms with E-state index in [2.05, 4.69) is 84.6 Å². The predicted molar refractivity (Wildman–Crippen MR) is 101 cm³/mol. The van der Waals surface area contributed by atoms with Gasteiger partial charge < -0.3 is 0 Å². The van der Waals surface area contributed by atoms with E-state index < -0.39 is 0 Å². The van der Waals surface area contributed by atoms with Crippen LogP contribution in [0.4, 0.5) is 0 Å². The molecule has 2 aromatic carbocycles. The summed E-state index contributed by atoms with van der Waals surface area (Å²) in [6, 6.07) is 22.4. The Labute approximate surface area is 146 Å². The van der Waals surface area contributed by atoms with Crippen molar-refractivity contribution < 1.29 is 0 Å². The highest BCUT2D eigenvalue weighted by Crippen LogP contribution is 2.47. The van der Waals surface area contributed by atoms with Gasteiger partial charge in [0.15, 0.2) is 0 Å². The molecule has 1 saturated heterocycles. The van der Waals surface area contributed by atoms with Gasteiger partial charge in [-0.25, -0.2) is 0 Å². The van der Waals surface area contributed by atoms with Crippen molar-refractivity contribution in [1.82, 2.24) is 4.90 Å². The first kappa shape index (κ1) is 15.7. The van der Waals surface area contributed by atoms with Gasteiger partial charge in [0, 0.05) is 18.5 Å². The molecule has 1 spiro atoms. The van der Waals surface area contributed by atoms with E-state index in [1.807, 2.05) is 0 Å². The summed E-state index contributed by atoms with van der Waals surface area (Å²) in [5, 5.41) is 0. The molecule has 2 aromatic rings. The molecule has 1 heteroatoms. The minimum atomic E-state index is 0.365. The lowest BCUT2D eigenvalue weighted by Gasteiger charge is -2.34. The Balaban J connectivity index is 1.70. The fraction of sp³-hybridized carbons (Fsp3) is 0.391. The number of allylic oxidation sites excluding steroid dienone is 1. The van der Waals surface area contributed by atoms with E-state index in [1.54, 1.807) is 0 Å². The van der Waals surface area contributed by atoms with E-state index in [1.165, 1.54) is 43.5 Å². The Morgan fingerprint density at radius 3 is 2.12 bits per heavy atom. The Bertz CT molecular complexity index is 651. The second kappa shape index (κ2) is 6.57. The maximum atomic E-state index is 2.71. The Hall–Kier alpha value is -1.86. The first-order chi connectivity index (χ1) is 11.8. The largest absolute Gasteiger partial charge is 0.291 e. The number of nitrogens with zero attached hydrogens (tertiary/aromatic N) is 1. The summed E-state index contributed by atoms with van der Waals surface area (Å²) in [6.45, 7) is 4.81. The first-order valence-corrected chi connectivity index (χ1v) is 9.30. The monoisotopic (exact) mass is 317 g/mol. The zero-order valence-electron chi connectivity index (χ0n) is 14.6. The van der Waals surface area contributed by atoms with Crippen molar-refractivity contribution in [3.05, 3.63) is 83.9 Å². The van der Waals surface area contributed by atoms with Crippen LogP contribution in [-0.2, 0) is 0 Å². The third-order valence-electron chi connectivity index (χ3n) is 6.05. The minimum absolute atomic E-state index is 0.365. The average molecular weight is 317 g/mol. The maximum Gasteiger partial charge on any atom is 0.0602 e. The Morgan fingerprint density at radius 1 is 0.958 bits per heavy atom. The highest BCUT2D eigenvalue weighted by molar-refractivity contribution is 5.32. The van der Waals surface area contributed by atoms with Crippen LogP contribution in [0.2, 0.25) is 0 Å². The summed E-state index contributed by atoms with van der Waals surface area (Å²) in [6.07, 6.45) is 8.90. The van der Waals surface area contributed by atoms with Gasteiger partial charge in [-0.15, -0.1) is 0 Å². The molecule has 0 aromatic heterocycles. The van der Waals surface area contributed by atoms with Crippen LogP contribution in [0.3, 0.4) is 0 Å². The van der Waals surface area contributed by atoms with Crippen LogP contribution in [0.5, 0.6) is 0 Å². The number of hydrogen-bond acceptors (Lipinski definition) is 1. The van der Waals surface area contributed by atoms with Crippen LogP contribution in [0.1, 0.15) is 43.4 Å². The fourth-order valence-electron chi connectivity index (χ4n) is 4.71. The number of hydrogen-bond donors (Lipinski definition) is 0. The molecule has 2 aliphatic rings. The number of benzene rings is 2. The molecule has 1 aliphatic heterocycles. The molecule has 0 bridgehead atoms. The molecule has 1 unspecified atom stereocenters. The van der Waals surface area contributed by atoms with E-state index in [9.17, 15) is 0 Å². The second-order valence-electron chi connectivity index (χ2n) is 7.58. The summed E-state index contributed by atoms with van der Waals surface area (Å²) < 4.78 is 0. The molecule has 2 atom stereocenters. The number of rotatable bonds is 3. The van der Waals surface area contributed by atoms with Crippen LogP contribution < -0.4 is 0 Å². The molecule has 0 saturated carbocycles.